The molecular formula is C32H24MnN16. The second kappa shape index (κ2) is 11.4. The van der Waals surface area contributed by atoms with Gasteiger partial charge in [0.25, 0.3) is 0 Å². The van der Waals surface area contributed by atoms with E-state index >= 15 is 0 Å². The molecule has 0 N–H and O–H groups in total. The maximum Gasteiger partial charge on any atom is 2.00 e. The van der Waals surface area contributed by atoms with Crippen molar-refractivity contribution in [3.8, 4) is 45.6 Å². The summed E-state index contributed by atoms with van der Waals surface area (Å²) < 4.78 is 7.38. The maximum atomic E-state index is 5.15. The first-order chi connectivity index (χ1) is 23.4. The van der Waals surface area contributed by atoms with E-state index in [1.54, 1.807) is 25.3 Å². The molecule has 0 spiro atoms. The van der Waals surface area contributed by atoms with Gasteiger partial charge >= 0.3 is 17.1 Å². The molecule has 9 rings (SSSR count). The van der Waals surface area contributed by atoms with E-state index in [1.165, 1.54) is 0 Å². The second-order valence-corrected chi connectivity index (χ2v) is 11.4. The number of hydrogen-bond donors (Lipinski definition) is 0. The normalized spacial score (nSPS) is 12.2. The first-order valence-electron chi connectivity index (χ1n) is 14.9. The van der Waals surface area contributed by atoms with E-state index in [9.17, 15) is 0 Å². The fraction of sp³-hybridized carbons (Fsp3) is 0.125. The third kappa shape index (κ3) is 4.74. The summed E-state index contributed by atoms with van der Waals surface area (Å²) in [6.45, 7) is 0. The zero-order valence-electron chi connectivity index (χ0n) is 26.5. The third-order valence-corrected chi connectivity index (χ3v) is 8.35. The summed E-state index contributed by atoms with van der Waals surface area (Å²) in [6, 6.07) is 7.78. The van der Waals surface area contributed by atoms with Crippen LogP contribution in [0.5, 0.6) is 0 Å². The summed E-state index contributed by atoms with van der Waals surface area (Å²) in [5.41, 5.74) is 8.09. The SMILES string of the molecule is Cn1cnnc1-c1c2nc(c(-c3nncn3C)c3ccc([n-]3)c(-c3nncn3C)c3nc(c(-c4nncn4C)c4ccc1[n-]4)C=C3)C=C2.[Mn+2]. The van der Waals surface area contributed by atoms with Crippen molar-refractivity contribution in [1.82, 2.24) is 79.0 Å². The molecule has 0 amide bonds. The van der Waals surface area contributed by atoms with E-state index < -0.39 is 0 Å². The zero-order valence-corrected chi connectivity index (χ0v) is 27.6. The first-order valence-corrected chi connectivity index (χ1v) is 14.9. The molecular weight excluding hydrogens is 663 g/mol. The van der Waals surface area contributed by atoms with Gasteiger partial charge in [0, 0.05) is 50.4 Å². The van der Waals surface area contributed by atoms with Crippen molar-refractivity contribution in [1.29, 1.82) is 0 Å². The van der Waals surface area contributed by atoms with Gasteiger partial charge in [-0.05, 0) is 24.3 Å². The number of aromatic nitrogens is 16. The van der Waals surface area contributed by atoms with E-state index in [4.69, 9.17) is 19.9 Å². The zero-order chi connectivity index (χ0) is 32.5. The van der Waals surface area contributed by atoms with Gasteiger partial charge in [-0.2, -0.15) is 0 Å². The molecule has 17 heteroatoms. The molecule has 2 aliphatic heterocycles. The summed E-state index contributed by atoms with van der Waals surface area (Å²) in [5.74, 6) is 2.43. The third-order valence-electron chi connectivity index (χ3n) is 8.35. The summed E-state index contributed by atoms with van der Waals surface area (Å²) >= 11 is 0. The van der Waals surface area contributed by atoms with Crippen LogP contribution in [0.3, 0.4) is 0 Å². The quantitative estimate of drug-likeness (QED) is 0.248. The van der Waals surface area contributed by atoms with Gasteiger partial charge in [0.15, 0.2) is 23.3 Å². The van der Waals surface area contributed by atoms with Gasteiger partial charge in [0.2, 0.25) is 0 Å². The number of hydrogen-bond acceptors (Lipinski definition) is 10. The van der Waals surface area contributed by atoms with Crippen molar-refractivity contribution < 1.29 is 17.1 Å². The van der Waals surface area contributed by atoms with E-state index in [0.29, 0.717) is 90.4 Å². The summed E-state index contributed by atoms with van der Waals surface area (Å²) in [5, 5.41) is 34.5. The van der Waals surface area contributed by atoms with Crippen LogP contribution in [0.2, 0.25) is 0 Å². The predicted octanol–water partition coefficient (Wildman–Crippen LogP) is 3.09. The van der Waals surface area contributed by atoms with Crippen LogP contribution >= 0.6 is 0 Å². The molecule has 7 aromatic rings. The van der Waals surface area contributed by atoms with Crippen LogP contribution in [-0.2, 0) is 45.3 Å². The Balaban J connectivity index is 0.00000348. The Morgan fingerprint density at radius 1 is 0.408 bits per heavy atom. The van der Waals surface area contributed by atoms with Crippen LogP contribution < -0.4 is 9.97 Å². The monoisotopic (exact) mass is 687 g/mol. The molecule has 0 aliphatic carbocycles. The summed E-state index contributed by atoms with van der Waals surface area (Å²) in [7, 11) is 7.55. The predicted molar refractivity (Wildman–Crippen MR) is 177 cm³/mol. The molecule has 239 valence electrons. The molecule has 1 radical (unpaired) electrons. The number of aryl methyl sites for hydroxylation is 4. The Hall–Kier alpha value is -6.32. The molecule has 0 unspecified atom stereocenters. The van der Waals surface area contributed by atoms with Crippen LogP contribution in [0.25, 0.3) is 91.9 Å². The topological polar surface area (TPSA) is 177 Å². The van der Waals surface area contributed by atoms with E-state index in [0.717, 1.165) is 0 Å². The van der Waals surface area contributed by atoms with E-state index in [2.05, 4.69) is 40.8 Å². The Kier molecular flexibility index (Phi) is 7.01. The Bertz CT molecular complexity index is 2290. The molecule has 0 fully saturated rings. The van der Waals surface area contributed by atoms with Gasteiger partial charge in [-0.3, -0.25) is 0 Å². The molecule has 0 saturated heterocycles. The molecule has 2 aliphatic rings. The Morgan fingerprint density at radius 2 is 0.653 bits per heavy atom. The first kappa shape index (κ1) is 30.0. The van der Waals surface area contributed by atoms with Crippen molar-refractivity contribution in [2.75, 3.05) is 0 Å². The Labute approximate surface area is 287 Å². The summed E-state index contributed by atoms with van der Waals surface area (Å²) in [6.07, 6.45) is 14.4. The average Bonchev–Trinajstić information content (AvgIpc) is 3.91. The fourth-order valence-corrected chi connectivity index (χ4v) is 6.04. The number of fused-ring (bicyclic) bond motifs is 8. The molecule has 9 heterocycles. The molecule has 16 nitrogen and oxygen atoms in total. The second-order valence-electron chi connectivity index (χ2n) is 11.4. The van der Waals surface area contributed by atoms with Gasteiger partial charge in [0.05, 0.1) is 22.8 Å². The average molecular weight is 688 g/mol. The van der Waals surface area contributed by atoms with Crippen LogP contribution in [-0.4, -0.2) is 69.0 Å². The molecule has 7 aromatic heterocycles. The minimum Gasteiger partial charge on any atom is -0.657 e. The fourth-order valence-electron chi connectivity index (χ4n) is 6.04. The van der Waals surface area contributed by atoms with E-state index in [1.807, 2.05) is 95.0 Å². The van der Waals surface area contributed by atoms with Gasteiger partial charge < -0.3 is 28.2 Å². The van der Waals surface area contributed by atoms with Crippen molar-refractivity contribution in [3.05, 3.63) is 72.4 Å². The van der Waals surface area contributed by atoms with Crippen molar-refractivity contribution in [2.24, 2.45) is 28.2 Å². The van der Waals surface area contributed by atoms with Crippen molar-refractivity contribution in [3.63, 3.8) is 0 Å². The molecule has 8 bridgehead atoms. The molecule has 49 heavy (non-hydrogen) atoms. The van der Waals surface area contributed by atoms with Crippen LogP contribution in [0, 0.1) is 0 Å². The standard InChI is InChI=1S/C32H24N16.Mn/c1-45-13-33-41-29(45)25-17-5-7-19(37-17)26(30-42-34-14-46(30)2)21-9-11-23(39-21)28(32-44-36-16-48(32)4)24-12-10-22(40-24)27(20-8-6-18(25)38-20)31-43-35-15-47(31)3;/h5-16H,1-4H3;/q-2;+2. The molecule has 0 aromatic carbocycles. The Morgan fingerprint density at radius 3 is 0.857 bits per heavy atom. The van der Waals surface area contributed by atoms with Gasteiger partial charge in [-0.25, -0.2) is 9.97 Å². The van der Waals surface area contributed by atoms with E-state index in [-0.39, 0.29) is 17.1 Å². The smallest absolute Gasteiger partial charge is 0.657 e. The minimum absolute atomic E-state index is 0. The minimum atomic E-state index is 0. The maximum absolute atomic E-state index is 5.15. The van der Waals surface area contributed by atoms with Crippen LogP contribution in [0.4, 0.5) is 0 Å². The van der Waals surface area contributed by atoms with Crippen molar-refractivity contribution >= 4 is 46.4 Å². The largest absolute Gasteiger partial charge is 2.00 e. The van der Waals surface area contributed by atoms with Gasteiger partial charge in [-0.15, -0.1) is 62.9 Å². The number of nitrogens with zero attached hydrogens (tertiary/aromatic N) is 16. The van der Waals surface area contributed by atoms with Crippen LogP contribution in [0.15, 0.2) is 49.6 Å². The van der Waals surface area contributed by atoms with Gasteiger partial charge in [0.1, 0.15) is 25.3 Å². The van der Waals surface area contributed by atoms with Crippen LogP contribution in [0.1, 0.15) is 22.8 Å². The molecule has 0 atom stereocenters. The number of rotatable bonds is 4. The summed E-state index contributed by atoms with van der Waals surface area (Å²) in [4.78, 5) is 20.6. The van der Waals surface area contributed by atoms with Gasteiger partial charge in [-0.1, -0.05) is 24.3 Å². The van der Waals surface area contributed by atoms with Crippen molar-refractivity contribution in [2.45, 2.75) is 0 Å². The molecule has 0 saturated carbocycles.